The SMILES string of the molecule is COc1cc(NC(=O)NCC(O)C(=O)O)c(OC)cc1Cl. The number of carboxylic acids is 1. The van der Waals surface area contributed by atoms with Crippen LogP contribution in [0.2, 0.25) is 5.02 Å². The third-order valence-corrected chi connectivity index (χ3v) is 2.76. The van der Waals surface area contributed by atoms with Crippen LogP contribution in [0.5, 0.6) is 11.5 Å². The van der Waals surface area contributed by atoms with E-state index in [1.807, 2.05) is 0 Å². The predicted molar refractivity (Wildman–Crippen MR) is 75.2 cm³/mol. The third-order valence-electron chi connectivity index (χ3n) is 2.46. The van der Waals surface area contributed by atoms with E-state index in [1.54, 1.807) is 0 Å². The monoisotopic (exact) mass is 318 g/mol. The Morgan fingerprint density at radius 1 is 1.29 bits per heavy atom. The lowest BCUT2D eigenvalue weighted by Gasteiger charge is -2.14. The van der Waals surface area contributed by atoms with Gasteiger partial charge in [-0.3, -0.25) is 0 Å². The molecule has 116 valence electrons. The molecule has 1 atom stereocenters. The number of hydrogen-bond acceptors (Lipinski definition) is 5. The van der Waals surface area contributed by atoms with E-state index in [4.69, 9.17) is 31.3 Å². The Morgan fingerprint density at radius 3 is 2.43 bits per heavy atom. The maximum atomic E-state index is 11.6. The molecule has 21 heavy (non-hydrogen) atoms. The largest absolute Gasteiger partial charge is 0.495 e. The first-order chi connectivity index (χ1) is 9.88. The molecule has 8 nitrogen and oxygen atoms in total. The van der Waals surface area contributed by atoms with Gasteiger partial charge < -0.3 is 30.3 Å². The van der Waals surface area contributed by atoms with Crippen LogP contribution in [-0.2, 0) is 4.79 Å². The molecule has 0 aromatic heterocycles. The van der Waals surface area contributed by atoms with Gasteiger partial charge in [0.05, 0.1) is 31.5 Å². The number of ether oxygens (including phenoxy) is 2. The maximum absolute atomic E-state index is 11.6. The minimum Gasteiger partial charge on any atom is -0.495 e. The van der Waals surface area contributed by atoms with Gasteiger partial charge in [0.2, 0.25) is 0 Å². The number of nitrogens with one attached hydrogen (secondary N) is 2. The van der Waals surface area contributed by atoms with Gasteiger partial charge in [0.15, 0.2) is 6.10 Å². The van der Waals surface area contributed by atoms with Gasteiger partial charge in [0.1, 0.15) is 11.5 Å². The van der Waals surface area contributed by atoms with Crippen molar-refractivity contribution >= 4 is 29.3 Å². The number of halogens is 1. The van der Waals surface area contributed by atoms with Gasteiger partial charge in [-0.1, -0.05) is 11.6 Å². The van der Waals surface area contributed by atoms with E-state index in [1.165, 1.54) is 26.4 Å². The normalized spacial score (nSPS) is 11.4. The number of anilines is 1. The molecule has 1 rings (SSSR count). The van der Waals surface area contributed by atoms with Crippen molar-refractivity contribution in [2.24, 2.45) is 0 Å². The fourth-order valence-corrected chi connectivity index (χ4v) is 1.63. The van der Waals surface area contributed by atoms with Crippen molar-refractivity contribution in [3.8, 4) is 11.5 Å². The summed E-state index contributed by atoms with van der Waals surface area (Å²) in [4.78, 5) is 22.1. The first kappa shape index (κ1) is 16.9. The van der Waals surface area contributed by atoms with E-state index in [-0.39, 0.29) is 5.69 Å². The zero-order valence-corrected chi connectivity index (χ0v) is 12.1. The lowest BCUT2D eigenvalue weighted by Crippen LogP contribution is -2.38. The predicted octanol–water partition coefficient (Wildman–Crippen LogP) is 0.924. The summed E-state index contributed by atoms with van der Waals surface area (Å²) in [5.74, 6) is -0.797. The van der Waals surface area contributed by atoms with Gasteiger partial charge in [0.25, 0.3) is 0 Å². The van der Waals surface area contributed by atoms with Crippen molar-refractivity contribution in [2.45, 2.75) is 6.10 Å². The molecule has 1 aromatic carbocycles. The van der Waals surface area contributed by atoms with E-state index < -0.39 is 24.6 Å². The Kier molecular flexibility index (Phi) is 6.07. The number of carboxylic acid groups (broad SMARTS) is 1. The molecule has 4 N–H and O–H groups in total. The van der Waals surface area contributed by atoms with Gasteiger partial charge in [-0.05, 0) is 0 Å². The zero-order valence-electron chi connectivity index (χ0n) is 11.3. The van der Waals surface area contributed by atoms with Crippen LogP contribution in [0.15, 0.2) is 12.1 Å². The van der Waals surface area contributed by atoms with Gasteiger partial charge in [0, 0.05) is 12.1 Å². The number of aliphatic hydroxyl groups excluding tert-OH is 1. The van der Waals surface area contributed by atoms with E-state index >= 15 is 0 Å². The number of rotatable bonds is 6. The molecule has 0 aliphatic carbocycles. The van der Waals surface area contributed by atoms with Crippen LogP contribution < -0.4 is 20.1 Å². The second-order valence-electron chi connectivity index (χ2n) is 3.88. The summed E-state index contributed by atoms with van der Waals surface area (Å²) in [6.45, 7) is -0.436. The zero-order chi connectivity index (χ0) is 16.0. The highest BCUT2D eigenvalue weighted by atomic mass is 35.5. The second-order valence-corrected chi connectivity index (χ2v) is 4.28. The number of carbonyl (C=O) groups is 2. The minimum absolute atomic E-state index is 0.279. The lowest BCUT2D eigenvalue weighted by molar-refractivity contribution is -0.146. The van der Waals surface area contributed by atoms with E-state index in [9.17, 15) is 9.59 Å². The summed E-state index contributed by atoms with van der Waals surface area (Å²) in [5, 5.41) is 22.5. The van der Waals surface area contributed by atoms with Crippen molar-refractivity contribution < 1.29 is 29.3 Å². The smallest absolute Gasteiger partial charge is 0.334 e. The Bertz CT molecular complexity index is 537. The van der Waals surface area contributed by atoms with Crippen LogP contribution in [0.4, 0.5) is 10.5 Å². The number of methoxy groups -OCH3 is 2. The fourth-order valence-electron chi connectivity index (χ4n) is 1.40. The number of amides is 2. The fraction of sp³-hybridized carbons (Fsp3) is 0.333. The van der Waals surface area contributed by atoms with Crippen LogP contribution >= 0.6 is 11.6 Å². The molecule has 0 saturated carbocycles. The summed E-state index contributed by atoms with van der Waals surface area (Å²) >= 11 is 5.92. The molecular weight excluding hydrogens is 304 g/mol. The molecule has 0 radical (unpaired) electrons. The summed E-state index contributed by atoms with van der Waals surface area (Å²) in [6, 6.07) is 2.20. The number of benzene rings is 1. The highest BCUT2D eigenvalue weighted by Crippen LogP contribution is 2.35. The topological polar surface area (TPSA) is 117 Å². The first-order valence-corrected chi connectivity index (χ1v) is 6.14. The maximum Gasteiger partial charge on any atom is 0.334 e. The molecule has 0 saturated heterocycles. The van der Waals surface area contributed by atoms with Gasteiger partial charge in [-0.2, -0.15) is 0 Å². The lowest BCUT2D eigenvalue weighted by atomic mass is 10.2. The molecule has 0 bridgehead atoms. The third kappa shape index (κ3) is 4.69. The van der Waals surface area contributed by atoms with Crippen molar-refractivity contribution in [2.75, 3.05) is 26.1 Å². The molecule has 9 heteroatoms. The Balaban J connectivity index is 2.77. The average Bonchev–Trinajstić information content (AvgIpc) is 2.45. The molecule has 0 fully saturated rings. The number of aliphatic carboxylic acids is 1. The summed E-state index contributed by atoms with van der Waals surface area (Å²) in [5.41, 5.74) is 0.279. The van der Waals surface area contributed by atoms with E-state index in [2.05, 4.69) is 10.6 Å². The van der Waals surface area contributed by atoms with Crippen LogP contribution in [0, 0.1) is 0 Å². The van der Waals surface area contributed by atoms with E-state index in [0.717, 1.165) is 0 Å². The van der Waals surface area contributed by atoms with Crippen molar-refractivity contribution in [3.05, 3.63) is 17.2 Å². The quantitative estimate of drug-likeness (QED) is 0.619. The molecule has 1 aromatic rings. The van der Waals surface area contributed by atoms with Gasteiger partial charge >= 0.3 is 12.0 Å². The number of carbonyl (C=O) groups excluding carboxylic acids is 1. The Labute approximate surface area is 125 Å². The van der Waals surface area contributed by atoms with Crippen molar-refractivity contribution in [1.29, 1.82) is 0 Å². The number of aliphatic hydroxyl groups is 1. The summed E-state index contributed by atoms with van der Waals surface area (Å²) < 4.78 is 10.1. The van der Waals surface area contributed by atoms with Gasteiger partial charge in [-0.15, -0.1) is 0 Å². The molecule has 0 heterocycles. The summed E-state index contributed by atoms with van der Waals surface area (Å²) in [6.07, 6.45) is -1.68. The molecular formula is C12H15ClN2O6. The molecule has 0 spiro atoms. The van der Waals surface area contributed by atoms with Crippen LogP contribution in [0.1, 0.15) is 0 Å². The second kappa shape index (κ2) is 7.55. The number of urea groups is 1. The van der Waals surface area contributed by atoms with Crippen LogP contribution in [-0.4, -0.2) is 49.1 Å². The Hall–Kier alpha value is -2.19. The average molecular weight is 319 g/mol. The van der Waals surface area contributed by atoms with Crippen LogP contribution in [0.3, 0.4) is 0 Å². The highest BCUT2D eigenvalue weighted by molar-refractivity contribution is 6.32. The number of hydrogen-bond donors (Lipinski definition) is 4. The molecule has 2 amide bonds. The minimum atomic E-state index is -1.68. The van der Waals surface area contributed by atoms with Gasteiger partial charge in [-0.25, -0.2) is 9.59 Å². The highest BCUT2D eigenvalue weighted by Gasteiger charge is 2.16. The van der Waals surface area contributed by atoms with Crippen molar-refractivity contribution in [3.63, 3.8) is 0 Å². The molecule has 0 aliphatic heterocycles. The first-order valence-electron chi connectivity index (χ1n) is 5.76. The molecule has 0 aliphatic rings. The Morgan fingerprint density at radius 2 is 1.90 bits per heavy atom. The van der Waals surface area contributed by atoms with Crippen LogP contribution in [0.25, 0.3) is 0 Å². The molecule has 1 unspecified atom stereocenters. The van der Waals surface area contributed by atoms with E-state index in [0.29, 0.717) is 16.5 Å². The summed E-state index contributed by atoms with van der Waals surface area (Å²) in [7, 11) is 2.82. The van der Waals surface area contributed by atoms with Crippen molar-refractivity contribution in [1.82, 2.24) is 5.32 Å². The standard InChI is InChI=1S/C12H15ClN2O6/c1-20-9-4-7(10(21-2)3-6(9)13)15-12(19)14-5-8(16)11(17)18/h3-4,8,16H,5H2,1-2H3,(H,17,18)(H2,14,15,19).